The molecule has 1 atom stereocenters. The van der Waals surface area contributed by atoms with E-state index in [9.17, 15) is 9.59 Å². The second kappa shape index (κ2) is 7.77. The molecule has 8 nitrogen and oxygen atoms in total. The number of pyridine rings is 1. The van der Waals surface area contributed by atoms with E-state index < -0.39 is 11.7 Å². The van der Waals surface area contributed by atoms with E-state index in [0.29, 0.717) is 13.1 Å². The van der Waals surface area contributed by atoms with Crippen LogP contribution in [0.1, 0.15) is 50.9 Å². The van der Waals surface area contributed by atoms with Gasteiger partial charge in [0.2, 0.25) is 5.91 Å². The number of hydrogen-bond donors (Lipinski definition) is 1. The third kappa shape index (κ3) is 4.61. The second-order valence-corrected chi connectivity index (χ2v) is 8.35. The Morgan fingerprint density at radius 3 is 2.79 bits per heavy atom. The van der Waals surface area contributed by atoms with Crippen molar-refractivity contribution < 1.29 is 14.3 Å². The number of rotatable bonds is 3. The molecule has 1 N–H and O–H groups in total. The van der Waals surface area contributed by atoms with Crippen LogP contribution in [0.25, 0.3) is 11.0 Å². The first-order valence-electron chi connectivity index (χ1n) is 9.69. The molecule has 3 rings (SSSR count). The summed E-state index contributed by atoms with van der Waals surface area (Å²) in [5.74, 6) is 0.0758. The molecule has 2 aromatic rings. The topological polar surface area (TPSA) is 89.4 Å². The van der Waals surface area contributed by atoms with Crippen LogP contribution in [0.3, 0.4) is 0 Å². The lowest BCUT2D eigenvalue weighted by molar-refractivity contribution is -0.131. The standard InChI is InChI=1S/C20H29N5O3/c1-13-15-8-9-16(22-18(15)24(5)23-13)14-7-6-10-25(12-14)17(26)11-21-19(27)28-20(2,3)4/h8-9,14H,6-7,10-12H2,1-5H3,(H,21,27)/t14-/m1/s1. The first-order valence-corrected chi connectivity index (χ1v) is 9.69. The number of fused-ring (bicyclic) bond motifs is 1. The Hall–Kier alpha value is -2.64. The Morgan fingerprint density at radius 2 is 2.07 bits per heavy atom. The first kappa shape index (κ1) is 20.1. The number of aryl methyl sites for hydroxylation is 2. The van der Waals surface area contributed by atoms with Crippen LogP contribution in [-0.2, 0) is 16.6 Å². The third-order valence-corrected chi connectivity index (χ3v) is 4.87. The van der Waals surface area contributed by atoms with E-state index in [-0.39, 0.29) is 18.4 Å². The molecule has 2 aromatic heterocycles. The molecular formula is C20H29N5O3. The minimum atomic E-state index is -0.585. The molecule has 0 unspecified atom stereocenters. The minimum absolute atomic E-state index is 0.0605. The molecular weight excluding hydrogens is 358 g/mol. The molecule has 1 aliphatic rings. The van der Waals surface area contributed by atoms with Crippen LogP contribution < -0.4 is 5.32 Å². The zero-order valence-electron chi connectivity index (χ0n) is 17.3. The summed E-state index contributed by atoms with van der Waals surface area (Å²) >= 11 is 0. The molecule has 8 heteroatoms. The SMILES string of the molecule is Cc1nn(C)c2nc([C@@H]3CCCN(C(=O)CNC(=O)OC(C)(C)C)C3)ccc12. The Balaban J connectivity index is 1.63. The molecule has 1 fully saturated rings. The van der Waals surface area contributed by atoms with Crippen molar-refractivity contribution in [1.29, 1.82) is 0 Å². The van der Waals surface area contributed by atoms with Crippen LogP contribution in [0, 0.1) is 6.92 Å². The molecule has 0 aliphatic carbocycles. The van der Waals surface area contributed by atoms with Gasteiger partial charge in [-0.15, -0.1) is 0 Å². The molecule has 0 aromatic carbocycles. The van der Waals surface area contributed by atoms with Gasteiger partial charge in [0.1, 0.15) is 12.1 Å². The minimum Gasteiger partial charge on any atom is -0.444 e. The van der Waals surface area contributed by atoms with Gasteiger partial charge in [-0.1, -0.05) is 0 Å². The maximum atomic E-state index is 12.5. The van der Waals surface area contributed by atoms with Crippen molar-refractivity contribution >= 4 is 23.0 Å². The lowest BCUT2D eigenvalue weighted by atomic mass is 9.94. The van der Waals surface area contributed by atoms with Gasteiger partial charge < -0.3 is 15.0 Å². The smallest absolute Gasteiger partial charge is 0.408 e. The molecule has 0 radical (unpaired) electrons. The summed E-state index contributed by atoms with van der Waals surface area (Å²) in [4.78, 5) is 30.9. The maximum absolute atomic E-state index is 12.5. The fourth-order valence-corrected chi connectivity index (χ4v) is 3.56. The number of aromatic nitrogens is 3. The van der Waals surface area contributed by atoms with Gasteiger partial charge in [-0.25, -0.2) is 9.78 Å². The highest BCUT2D eigenvalue weighted by Gasteiger charge is 2.26. The lowest BCUT2D eigenvalue weighted by Crippen LogP contribution is -2.45. The number of nitrogens with zero attached hydrogens (tertiary/aromatic N) is 4. The van der Waals surface area contributed by atoms with Gasteiger partial charge in [0, 0.05) is 37.1 Å². The van der Waals surface area contributed by atoms with E-state index in [1.54, 1.807) is 30.4 Å². The van der Waals surface area contributed by atoms with Crippen molar-refractivity contribution in [3.05, 3.63) is 23.5 Å². The van der Waals surface area contributed by atoms with Gasteiger partial charge in [0.05, 0.1) is 5.69 Å². The molecule has 28 heavy (non-hydrogen) atoms. The molecule has 2 amide bonds. The van der Waals surface area contributed by atoms with Crippen molar-refractivity contribution in [2.75, 3.05) is 19.6 Å². The third-order valence-electron chi connectivity index (χ3n) is 4.87. The zero-order valence-corrected chi connectivity index (χ0v) is 17.3. The predicted molar refractivity (Wildman–Crippen MR) is 106 cm³/mol. The average Bonchev–Trinajstić information content (AvgIpc) is 2.92. The Bertz CT molecular complexity index is 884. The Kier molecular flexibility index (Phi) is 5.58. The van der Waals surface area contributed by atoms with Crippen LogP contribution in [0.4, 0.5) is 4.79 Å². The molecule has 0 spiro atoms. The van der Waals surface area contributed by atoms with E-state index in [1.807, 2.05) is 20.0 Å². The summed E-state index contributed by atoms with van der Waals surface area (Å²) in [6.07, 6.45) is 1.32. The number of carbonyl (C=O) groups is 2. The predicted octanol–water partition coefficient (Wildman–Crippen LogP) is 2.51. The van der Waals surface area contributed by atoms with E-state index in [0.717, 1.165) is 35.3 Å². The number of piperidine rings is 1. The monoisotopic (exact) mass is 387 g/mol. The number of alkyl carbamates (subject to hydrolysis) is 1. The first-order chi connectivity index (χ1) is 13.1. The summed E-state index contributed by atoms with van der Waals surface area (Å²) < 4.78 is 6.98. The van der Waals surface area contributed by atoms with E-state index in [2.05, 4.69) is 16.5 Å². The quantitative estimate of drug-likeness (QED) is 0.874. The largest absolute Gasteiger partial charge is 0.444 e. The van der Waals surface area contributed by atoms with Crippen molar-refractivity contribution in [3.8, 4) is 0 Å². The van der Waals surface area contributed by atoms with Crippen LogP contribution in [0.2, 0.25) is 0 Å². The molecule has 152 valence electrons. The highest BCUT2D eigenvalue weighted by atomic mass is 16.6. The highest BCUT2D eigenvalue weighted by molar-refractivity contribution is 5.82. The van der Waals surface area contributed by atoms with Crippen LogP contribution >= 0.6 is 0 Å². The highest BCUT2D eigenvalue weighted by Crippen LogP contribution is 2.27. The number of ether oxygens (including phenoxy) is 1. The van der Waals surface area contributed by atoms with Gasteiger partial charge in [-0.3, -0.25) is 9.48 Å². The molecule has 0 saturated carbocycles. The van der Waals surface area contributed by atoms with Gasteiger partial charge >= 0.3 is 6.09 Å². The summed E-state index contributed by atoms with van der Waals surface area (Å²) in [6.45, 7) is 8.57. The summed E-state index contributed by atoms with van der Waals surface area (Å²) in [6, 6.07) is 4.10. The second-order valence-electron chi connectivity index (χ2n) is 8.35. The van der Waals surface area contributed by atoms with E-state index >= 15 is 0 Å². The number of amides is 2. The number of likely N-dealkylation sites (tertiary alicyclic amines) is 1. The summed E-state index contributed by atoms with van der Waals surface area (Å²) in [7, 11) is 1.89. The molecule has 1 aliphatic heterocycles. The van der Waals surface area contributed by atoms with Gasteiger partial charge in [-0.2, -0.15) is 5.10 Å². The normalized spacial score (nSPS) is 17.6. The van der Waals surface area contributed by atoms with Crippen molar-refractivity contribution in [1.82, 2.24) is 25.0 Å². The average molecular weight is 387 g/mol. The van der Waals surface area contributed by atoms with Crippen molar-refractivity contribution in [2.24, 2.45) is 7.05 Å². The Labute approximate surface area is 165 Å². The zero-order chi connectivity index (χ0) is 20.5. The summed E-state index contributed by atoms with van der Waals surface area (Å²) in [5.41, 5.74) is 2.22. The van der Waals surface area contributed by atoms with Crippen LogP contribution in [-0.4, -0.2) is 56.9 Å². The van der Waals surface area contributed by atoms with Gasteiger partial charge in [0.25, 0.3) is 0 Å². The molecule has 3 heterocycles. The fourth-order valence-electron chi connectivity index (χ4n) is 3.56. The maximum Gasteiger partial charge on any atom is 0.408 e. The van der Waals surface area contributed by atoms with Crippen molar-refractivity contribution in [3.63, 3.8) is 0 Å². The number of hydrogen-bond acceptors (Lipinski definition) is 5. The molecule has 1 saturated heterocycles. The fraction of sp³-hybridized carbons (Fsp3) is 0.600. The Morgan fingerprint density at radius 1 is 1.32 bits per heavy atom. The lowest BCUT2D eigenvalue weighted by Gasteiger charge is -2.32. The summed E-state index contributed by atoms with van der Waals surface area (Å²) in [5, 5.41) is 8.02. The molecule has 0 bridgehead atoms. The van der Waals surface area contributed by atoms with Crippen LogP contribution in [0.5, 0.6) is 0 Å². The number of carbonyl (C=O) groups excluding carboxylic acids is 2. The van der Waals surface area contributed by atoms with Crippen LogP contribution in [0.15, 0.2) is 12.1 Å². The van der Waals surface area contributed by atoms with Gasteiger partial charge in [-0.05, 0) is 52.7 Å². The van der Waals surface area contributed by atoms with E-state index in [4.69, 9.17) is 9.72 Å². The van der Waals surface area contributed by atoms with Gasteiger partial charge in [0.15, 0.2) is 5.65 Å². The van der Waals surface area contributed by atoms with E-state index in [1.165, 1.54) is 0 Å². The van der Waals surface area contributed by atoms with Crippen molar-refractivity contribution in [2.45, 2.75) is 52.1 Å². The number of nitrogens with one attached hydrogen (secondary N) is 1.